The largest absolute Gasteiger partial charge is 0.493 e. The van der Waals surface area contributed by atoms with Crippen LogP contribution in [0, 0.1) is 11.7 Å². The fourth-order valence-electron chi connectivity index (χ4n) is 2.49. The van der Waals surface area contributed by atoms with Gasteiger partial charge in [-0.05, 0) is 59.0 Å². The number of rotatable bonds is 6. The molecule has 1 aromatic rings. The molecular weight excluding hydrogens is 383 g/mol. The van der Waals surface area contributed by atoms with Crippen LogP contribution in [0.1, 0.15) is 18.4 Å². The van der Waals surface area contributed by atoms with Gasteiger partial charge < -0.3 is 9.64 Å². The second kappa shape index (κ2) is 7.05. The van der Waals surface area contributed by atoms with Gasteiger partial charge in [-0.3, -0.25) is 0 Å². The lowest BCUT2D eigenvalue weighted by atomic mass is 10.1. The third-order valence-electron chi connectivity index (χ3n) is 4.00. The molecule has 1 fully saturated rings. The van der Waals surface area contributed by atoms with Crippen LogP contribution in [0.5, 0.6) is 5.75 Å². The summed E-state index contributed by atoms with van der Waals surface area (Å²) in [6.07, 6.45) is 3.02. The van der Waals surface area contributed by atoms with Gasteiger partial charge in [-0.15, -0.1) is 0 Å². The molecule has 0 saturated heterocycles. The summed E-state index contributed by atoms with van der Waals surface area (Å²) in [5, 5.41) is 0. The van der Waals surface area contributed by atoms with E-state index < -0.39 is 18.8 Å². The van der Waals surface area contributed by atoms with E-state index in [0.717, 1.165) is 12.8 Å². The minimum atomic E-state index is -2.56. The Kier molecular flexibility index (Phi) is 5.04. The number of hydrogen-bond acceptors (Lipinski definition) is 2. The van der Waals surface area contributed by atoms with E-state index in [1.54, 1.807) is 24.3 Å². The molecule has 0 aromatic heterocycles. The number of benzene rings is 1. The molecule has 1 heterocycles. The second-order valence-corrected chi connectivity index (χ2v) is 6.77. The predicted octanol–water partition coefficient (Wildman–Crippen LogP) is 5.33. The monoisotopic (exact) mass is 399 g/mol. The van der Waals surface area contributed by atoms with Crippen LogP contribution in [0.25, 0.3) is 5.70 Å². The molecular formula is C18H17BrF3NO. The van der Waals surface area contributed by atoms with E-state index in [0.29, 0.717) is 34.2 Å². The van der Waals surface area contributed by atoms with Crippen LogP contribution in [0.4, 0.5) is 13.2 Å². The van der Waals surface area contributed by atoms with Crippen molar-refractivity contribution in [3.63, 3.8) is 0 Å². The zero-order valence-corrected chi connectivity index (χ0v) is 14.5. The number of allylic oxidation sites excluding steroid dienone is 3. The molecule has 0 spiro atoms. The maximum absolute atomic E-state index is 14.5. The predicted molar refractivity (Wildman–Crippen MR) is 91.5 cm³/mol. The van der Waals surface area contributed by atoms with Gasteiger partial charge in [-0.25, -0.2) is 13.2 Å². The summed E-state index contributed by atoms with van der Waals surface area (Å²) in [5.41, 5.74) is 0.975. The average Bonchev–Trinajstić information content (AvgIpc) is 3.35. The molecule has 1 aromatic carbocycles. The Bertz CT molecular complexity index is 710. The molecule has 1 aliphatic carbocycles. The van der Waals surface area contributed by atoms with Gasteiger partial charge in [0, 0.05) is 21.8 Å². The van der Waals surface area contributed by atoms with Gasteiger partial charge in [0.05, 0.1) is 18.8 Å². The topological polar surface area (TPSA) is 12.5 Å². The van der Waals surface area contributed by atoms with Crippen molar-refractivity contribution in [2.45, 2.75) is 19.3 Å². The first-order valence-corrected chi connectivity index (χ1v) is 8.50. The first-order chi connectivity index (χ1) is 11.5. The third kappa shape index (κ3) is 3.86. The summed E-state index contributed by atoms with van der Waals surface area (Å²) >= 11 is 3.27. The van der Waals surface area contributed by atoms with Crippen molar-refractivity contribution in [2.75, 3.05) is 13.2 Å². The van der Waals surface area contributed by atoms with Crippen LogP contribution in [-0.2, 0) is 0 Å². The molecule has 6 heteroatoms. The van der Waals surface area contributed by atoms with E-state index in [4.69, 9.17) is 4.74 Å². The van der Waals surface area contributed by atoms with Gasteiger partial charge in [0.15, 0.2) is 0 Å². The van der Waals surface area contributed by atoms with E-state index in [2.05, 4.69) is 22.5 Å². The SMILES string of the molecule is C=C1C(Br)=CC=C(c2ccc(OCC3CC3)cc2F)N1CC(F)F. The normalized spacial score (nSPS) is 17.9. The molecule has 2 aliphatic rings. The highest BCUT2D eigenvalue weighted by Gasteiger charge is 2.25. The molecule has 0 N–H and O–H groups in total. The summed E-state index contributed by atoms with van der Waals surface area (Å²) in [5.74, 6) is 0.518. The lowest BCUT2D eigenvalue weighted by molar-refractivity contribution is 0.123. The summed E-state index contributed by atoms with van der Waals surface area (Å²) in [4.78, 5) is 1.32. The minimum Gasteiger partial charge on any atom is -0.493 e. The fraction of sp³-hybridized carbons (Fsp3) is 0.333. The van der Waals surface area contributed by atoms with Crippen LogP contribution in [0.2, 0.25) is 0 Å². The molecule has 1 saturated carbocycles. The zero-order valence-electron chi connectivity index (χ0n) is 12.9. The Labute approximate surface area is 147 Å². The van der Waals surface area contributed by atoms with Crippen molar-refractivity contribution in [1.82, 2.24) is 4.90 Å². The van der Waals surface area contributed by atoms with Gasteiger partial charge in [0.25, 0.3) is 6.43 Å². The number of halogens is 4. The standard InChI is InChI=1S/C18H17BrF3NO/c1-11-15(19)6-7-17(23(11)9-18(21)22)14-5-4-13(8-16(14)20)24-10-12-2-3-12/h4-8,12,18H,1-3,9-10H2. The van der Waals surface area contributed by atoms with Crippen LogP contribution >= 0.6 is 15.9 Å². The van der Waals surface area contributed by atoms with E-state index in [1.807, 2.05) is 0 Å². The van der Waals surface area contributed by atoms with Crippen LogP contribution in [0.15, 0.2) is 47.1 Å². The van der Waals surface area contributed by atoms with Crippen molar-refractivity contribution in [3.05, 3.63) is 58.5 Å². The molecule has 0 radical (unpaired) electrons. The molecule has 128 valence electrons. The Morgan fingerprint density at radius 1 is 1.29 bits per heavy atom. The van der Waals surface area contributed by atoms with Crippen LogP contribution in [-0.4, -0.2) is 24.5 Å². The quantitative estimate of drug-likeness (QED) is 0.640. The Hall–Kier alpha value is -1.69. The molecule has 24 heavy (non-hydrogen) atoms. The maximum Gasteiger partial charge on any atom is 0.256 e. The molecule has 0 amide bonds. The minimum absolute atomic E-state index is 0.242. The van der Waals surface area contributed by atoms with Crippen molar-refractivity contribution in [1.29, 1.82) is 0 Å². The van der Waals surface area contributed by atoms with E-state index in [1.165, 1.54) is 11.0 Å². The zero-order chi connectivity index (χ0) is 17.3. The lowest BCUT2D eigenvalue weighted by Gasteiger charge is -2.31. The van der Waals surface area contributed by atoms with E-state index >= 15 is 0 Å². The molecule has 0 bridgehead atoms. The summed E-state index contributed by atoms with van der Waals surface area (Å²) in [6, 6.07) is 4.52. The Balaban J connectivity index is 1.85. The highest BCUT2D eigenvalue weighted by molar-refractivity contribution is 9.12. The molecule has 2 nitrogen and oxygen atoms in total. The van der Waals surface area contributed by atoms with Crippen molar-refractivity contribution >= 4 is 21.6 Å². The Morgan fingerprint density at radius 2 is 2.04 bits per heavy atom. The van der Waals surface area contributed by atoms with E-state index in [-0.39, 0.29) is 5.56 Å². The van der Waals surface area contributed by atoms with Gasteiger partial charge in [0.2, 0.25) is 0 Å². The maximum atomic E-state index is 14.5. The van der Waals surface area contributed by atoms with Gasteiger partial charge >= 0.3 is 0 Å². The summed E-state index contributed by atoms with van der Waals surface area (Å²) < 4.78 is 46.5. The molecule has 0 atom stereocenters. The molecule has 1 aliphatic heterocycles. The lowest BCUT2D eigenvalue weighted by Crippen LogP contribution is -2.28. The van der Waals surface area contributed by atoms with Crippen LogP contribution in [0.3, 0.4) is 0 Å². The van der Waals surface area contributed by atoms with Crippen LogP contribution < -0.4 is 4.74 Å². The van der Waals surface area contributed by atoms with Crippen molar-refractivity contribution < 1.29 is 17.9 Å². The van der Waals surface area contributed by atoms with Crippen molar-refractivity contribution in [3.8, 4) is 5.75 Å². The Morgan fingerprint density at radius 3 is 2.67 bits per heavy atom. The number of nitrogens with zero attached hydrogens (tertiary/aromatic N) is 1. The number of alkyl halides is 2. The summed E-state index contributed by atoms with van der Waals surface area (Å²) in [7, 11) is 0. The smallest absolute Gasteiger partial charge is 0.256 e. The fourth-order valence-corrected chi connectivity index (χ4v) is 2.83. The first-order valence-electron chi connectivity index (χ1n) is 7.71. The van der Waals surface area contributed by atoms with E-state index in [9.17, 15) is 13.2 Å². The third-order valence-corrected chi connectivity index (χ3v) is 4.72. The first kappa shape index (κ1) is 17.1. The number of hydrogen-bond donors (Lipinski definition) is 0. The average molecular weight is 400 g/mol. The van der Waals surface area contributed by atoms with Gasteiger partial charge in [-0.1, -0.05) is 6.58 Å². The highest BCUT2D eigenvalue weighted by Crippen LogP contribution is 2.36. The second-order valence-electron chi connectivity index (χ2n) is 5.91. The van der Waals surface area contributed by atoms with Gasteiger partial charge in [0.1, 0.15) is 11.6 Å². The van der Waals surface area contributed by atoms with Gasteiger partial charge in [-0.2, -0.15) is 0 Å². The van der Waals surface area contributed by atoms with Crippen molar-refractivity contribution in [2.24, 2.45) is 5.92 Å². The summed E-state index contributed by atoms with van der Waals surface area (Å²) in [6.45, 7) is 3.84. The molecule has 3 rings (SSSR count). The highest BCUT2D eigenvalue weighted by atomic mass is 79.9. The number of ether oxygens (including phenoxy) is 1. The molecule has 0 unspecified atom stereocenters.